The number of hydrogen-bond acceptors (Lipinski definition) is 6. The topological polar surface area (TPSA) is 86.3 Å². The zero-order valence-electron chi connectivity index (χ0n) is 14.1. The van der Waals surface area contributed by atoms with Crippen molar-refractivity contribution >= 4 is 0 Å². The predicted molar refractivity (Wildman–Crippen MR) is 85.6 cm³/mol. The van der Waals surface area contributed by atoms with Gasteiger partial charge in [0.25, 0.3) is 0 Å². The summed E-state index contributed by atoms with van der Waals surface area (Å²) in [5, 5.41) is 24.0. The van der Waals surface area contributed by atoms with Crippen LogP contribution in [-0.2, 0) is 32.5 Å². The zero-order valence-corrected chi connectivity index (χ0v) is 14.1. The number of nitrogens with zero attached hydrogens (tertiary/aromatic N) is 7. The van der Waals surface area contributed by atoms with E-state index in [1.807, 2.05) is 4.68 Å². The van der Waals surface area contributed by atoms with E-state index in [0.717, 1.165) is 75.8 Å². The SMILES string of the molecule is CCCCn1nnnc1CNC[C@@H]1CCc2nnc(CC)n2C1. The molecule has 1 N–H and O–H groups in total. The fourth-order valence-electron chi connectivity index (χ4n) is 3.10. The largest absolute Gasteiger partial charge is 0.315 e. The van der Waals surface area contributed by atoms with Crippen molar-refractivity contribution < 1.29 is 0 Å². The normalized spacial score (nSPS) is 17.4. The van der Waals surface area contributed by atoms with Crippen LogP contribution in [0, 0.1) is 5.92 Å². The maximum atomic E-state index is 4.29. The first-order chi connectivity index (χ1) is 11.3. The van der Waals surface area contributed by atoms with Gasteiger partial charge in [-0.1, -0.05) is 20.3 Å². The number of aryl methyl sites for hydroxylation is 3. The Kier molecular flexibility index (Phi) is 5.32. The standard InChI is InChI=1S/C15H26N8/c1-3-5-8-23-15(19-20-21-23)10-16-9-12-6-7-14-18-17-13(4-2)22(14)11-12/h12,16H,3-11H2,1-2H3/t12-/m0/s1. The molecule has 3 rings (SSSR count). The van der Waals surface area contributed by atoms with E-state index in [1.54, 1.807) is 0 Å². The van der Waals surface area contributed by atoms with Crippen molar-refractivity contribution in [1.29, 1.82) is 0 Å². The van der Waals surface area contributed by atoms with E-state index >= 15 is 0 Å². The number of aromatic nitrogens is 7. The van der Waals surface area contributed by atoms with Crippen LogP contribution in [0.5, 0.6) is 0 Å². The van der Waals surface area contributed by atoms with Crippen LogP contribution in [0.15, 0.2) is 0 Å². The molecule has 8 heteroatoms. The number of tetrazole rings is 1. The number of unbranched alkanes of at least 4 members (excludes halogenated alkanes) is 1. The van der Waals surface area contributed by atoms with Gasteiger partial charge in [-0.05, 0) is 29.2 Å². The van der Waals surface area contributed by atoms with Crippen LogP contribution < -0.4 is 5.32 Å². The van der Waals surface area contributed by atoms with Gasteiger partial charge >= 0.3 is 0 Å². The molecule has 3 heterocycles. The Morgan fingerprint density at radius 2 is 2.09 bits per heavy atom. The van der Waals surface area contributed by atoms with E-state index in [9.17, 15) is 0 Å². The van der Waals surface area contributed by atoms with Gasteiger partial charge in [0, 0.05) is 32.5 Å². The Bertz CT molecular complexity index is 603. The molecule has 23 heavy (non-hydrogen) atoms. The number of nitrogens with one attached hydrogen (secondary N) is 1. The third-order valence-corrected chi connectivity index (χ3v) is 4.48. The van der Waals surface area contributed by atoms with Crippen molar-refractivity contribution in [2.24, 2.45) is 5.92 Å². The zero-order chi connectivity index (χ0) is 16.1. The van der Waals surface area contributed by atoms with Crippen LogP contribution in [0.4, 0.5) is 0 Å². The molecule has 1 atom stereocenters. The lowest BCUT2D eigenvalue weighted by Gasteiger charge is -2.24. The summed E-state index contributed by atoms with van der Waals surface area (Å²) in [5.41, 5.74) is 0. The number of fused-ring (bicyclic) bond motifs is 1. The monoisotopic (exact) mass is 318 g/mol. The van der Waals surface area contributed by atoms with Crippen molar-refractivity contribution in [2.45, 2.75) is 65.6 Å². The van der Waals surface area contributed by atoms with E-state index in [0.29, 0.717) is 5.92 Å². The second-order valence-electron chi connectivity index (χ2n) is 6.20. The lowest BCUT2D eigenvalue weighted by molar-refractivity contribution is 0.340. The van der Waals surface area contributed by atoms with Crippen LogP contribution in [0.2, 0.25) is 0 Å². The Morgan fingerprint density at radius 3 is 2.91 bits per heavy atom. The highest BCUT2D eigenvalue weighted by molar-refractivity contribution is 5.00. The van der Waals surface area contributed by atoms with E-state index in [1.165, 1.54) is 0 Å². The Morgan fingerprint density at radius 1 is 1.17 bits per heavy atom. The molecule has 0 aliphatic carbocycles. The summed E-state index contributed by atoms with van der Waals surface area (Å²) >= 11 is 0. The summed E-state index contributed by atoms with van der Waals surface area (Å²) in [4.78, 5) is 0. The maximum Gasteiger partial charge on any atom is 0.165 e. The van der Waals surface area contributed by atoms with Crippen molar-refractivity contribution in [3.05, 3.63) is 17.5 Å². The Hall–Kier alpha value is -1.83. The molecule has 2 aromatic heterocycles. The predicted octanol–water partition coefficient (Wildman–Crippen LogP) is 0.979. The quantitative estimate of drug-likeness (QED) is 0.781. The van der Waals surface area contributed by atoms with Gasteiger partial charge in [-0.2, -0.15) is 0 Å². The molecule has 126 valence electrons. The molecule has 0 saturated carbocycles. The average Bonchev–Trinajstić information content (AvgIpc) is 3.19. The molecular formula is C15H26N8. The van der Waals surface area contributed by atoms with Crippen LogP contribution >= 0.6 is 0 Å². The highest BCUT2D eigenvalue weighted by Crippen LogP contribution is 2.19. The third kappa shape index (κ3) is 3.74. The summed E-state index contributed by atoms with van der Waals surface area (Å²) in [6, 6.07) is 0. The highest BCUT2D eigenvalue weighted by atomic mass is 15.5. The minimum absolute atomic E-state index is 0.615. The molecule has 0 radical (unpaired) electrons. The van der Waals surface area contributed by atoms with Crippen LogP contribution in [0.1, 0.15) is 50.6 Å². The Balaban J connectivity index is 1.49. The van der Waals surface area contributed by atoms with Gasteiger partial charge in [-0.25, -0.2) is 4.68 Å². The van der Waals surface area contributed by atoms with Crippen molar-refractivity contribution in [3.63, 3.8) is 0 Å². The van der Waals surface area contributed by atoms with Gasteiger partial charge in [-0.15, -0.1) is 15.3 Å². The van der Waals surface area contributed by atoms with Crippen LogP contribution in [0.3, 0.4) is 0 Å². The molecule has 1 aliphatic heterocycles. The molecular weight excluding hydrogens is 292 g/mol. The molecule has 2 aromatic rings. The van der Waals surface area contributed by atoms with Gasteiger partial charge in [0.2, 0.25) is 0 Å². The first-order valence-electron chi connectivity index (χ1n) is 8.68. The summed E-state index contributed by atoms with van der Waals surface area (Å²) < 4.78 is 4.20. The molecule has 0 saturated heterocycles. The first-order valence-corrected chi connectivity index (χ1v) is 8.68. The van der Waals surface area contributed by atoms with Crippen LogP contribution in [-0.4, -0.2) is 41.5 Å². The third-order valence-electron chi connectivity index (χ3n) is 4.48. The molecule has 0 spiro atoms. The number of hydrogen-bond donors (Lipinski definition) is 1. The second-order valence-corrected chi connectivity index (χ2v) is 6.20. The van der Waals surface area contributed by atoms with Crippen LogP contribution in [0.25, 0.3) is 0 Å². The minimum Gasteiger partial charge on any atom is -0.315 e. The van der Waals surface area contributed by atoms with Gasteiger partial charge < -0.3 is 9.88 Å². The van der Waals surface area contributed by atoms with E-state index in [4.69, 9.17) is 0 Å². The Labute approximate surface area is 136 Å². The lowest BCUT2D eigenvalue weighted by Crippen LogP contribution is -2.31. The second kappa shape index (κ2) is 7.63. The van der Waals surface area contributed by atoms with Gasteiger partial charge in [0.15, 0.2) is 5.82 Å². The summed E-state index contributed by atoms with van der Waals surface area (Å²) in [5.74, 6) is 3.78. The van der Waals surface area contributed by atoms with Gasteiger partial charge in [-0.3, -0.25) is 0 Å². The molecule has 0 amide bonds. The fraction of sp³-hybridized carbons (Fsp3) is 0.800. The summed E-state index contributed by atoms with van der Waals surface area (Å²) in [6.45, 7) is 7.92. The summed E-state index contributed by atoms with van der Waals surface area (Å²) in [6.07, 6.45) is 5.38. The van der Waals surface area contributed by atoms with Gasteiger partial charge in [0.1, 0.15) is 11.6 Å². The molecule has 0 bridgehead atoms. The molecule has 1 aliphatic rings. The van der Waals surface area contributed by atoms with Crippen molar-refractivity contribution in [2.75, 3.05) is 6.54 Å². The molecule has 8 nitrogen and oxygen atoms in total. The fourth-order valence-corrected chi connectivity index (χ4v) is 3.10. The van der Waals surface area contributed by atoms with E-state index < -0.39 is 0 Å². The molecule has 0 fully saturated rings. The number of rotatable bonds is 8. The smallest absolute Gasteiger partial charge is 0.165 e. The molecule has 0 aromatic carbocycles. The van der Waals surface area contributed by atoms with Crippen molar-refractivity contribution in [1.82, 2.24) is 40.3 Å². The van der Waals surface area contributed by atoms with E-state index in [2.05, 4.69) is 49.5 Å². The lowest BCUT2D eigenvalue weighted by atomic mass is 9.99. The van der Waals surface area contributed by atoms with Gasteiger partial charge in [0.05, 0.1) is 6.54 Å². The summed E-state index contributed by atoms with van der Waals surface area (Å²) in [7, 11) is 0. The maximum absolute atomic E-state index is 4.29. The minimum atomic E-state index is 0.615. The van der Waals surface area contributed by atoms with Crippen molar-refractivity contribution in [3.8, 4) is 0 Å². The molecule has 0 unspecified atom stereocenters. The van der Waals surface area contributed by atoms with E-state index in [-0.39, 0.29) is 0 Å². The highest BCUT2D eigenvalue weighted by Gasteiger charge is 2.22. The average molecular weight is 318 g/mol. The first kappa shape index (κ1) is 16.0.